The van der Waals surface area contributed by atoms with Crippen LogP contribution in [0.25, 0.3) is 5.69 Å². The zero-order valence-electron chi connectivity index (χ0n) is 14.3. The summed E-state index contributed by atoms with van der Waals surface area (Å²) in [5.41, 5.74) is 1.67. The van der Waals surface area contributed by atoms with Crippen molar-refractivity contribution < 1.29 is 14.3 Å². The van der Waals surface area contributed by atoms with Gasteiger partial charge in [0.25, 0.3) is 5.91 Å². The molecular formula is C19H18N4O3. The highest BCUT2D eigenvalue weighted by molar-refractivity contribution is 5.93. The number of nitrogens with one attached hydrogen (secondary N) is 1. The maximum Gasteiger partial charge on any atom is 0.273 e. The summed E-state index contributed by atoms with van der Waals surface area (Å²) < 4.78 is 11.5. The summed E-state index contributed by atoms with van der Waals surface area (Å²) >= 11 is 0. The quantitative estimate of drug-likeness (QED) is 0.780. The molecule has 0 bridgehead atoms. The van der Waals surface area contributed by atoms with E-state index in [2.05, 4.69) is 15.5 Å². The summed E-state index contributed by atoms with van der Waals surface area (Å²) in [7, 11) is 0. The summed E-state index contributed by atoms with van der Waals surface area (Å²) in [6, 6.07) is 16.9. The first-order valence-corrected chi connectivity index (χ1v) is 8.37. The first-order valence-electron chi connectivity index (χ1n) is 8.37. The molecule has 0 spiro atoms. The second-order valence-electron chi connectivity index (χ2n) is 5.97. The van der Waals surface area contributed by atoms with Gasteiger partial charge < -0.3 is 14.8 Å². The Labute approximate surface area is 150 Å². The second-order valence-corrected chi connectivity index (χ2v) is 5.97. The van der Waals surface area contributed by atoms with Gasteiger partial charge in [0.05, 0.1) is 17.9 Å². The number of carbonyl (C=O) groups is 1. The molecule has 1 N–H and O–H groups in total. The number of fused-ring (bicyclic) bond motifs is 1. The molecule has 1 aliphatic rings. The molecule has 4 rings (SSSR count). The first kappa shape index (κ1) is 16.1. The van der Waals surface area contributed by atoms with Crippen LogP contribution in [0.15, 0.2) is 54.6 Å². The minimum atomic E-state index is -0.285. The third-order valence-electron chi connectivity index (χ3n) is 4.04. The average molecular weight is 350 g/mol. The number of hydrogen-bond acceptors (Lipinski definition) is 5. The number of benzene rings is 2. The minimum Gasteiger partial charge on any atom is -0.486 e. The fraction of sp³-hybridized carbons (Fsp3) is 0.211. The van der Waals surface area contributed by atoms with E-state index in [0.29, 0.717) is 30.3 Å². The molecule has 2 aromatic carbocycles. The number of rotatable bonds is 4. The lowest BCUT2D eigenvalue weighted by atomic mass is 10.2. The number of aromatic nitrogens is 3. The molecule has 0 aliphatic carbocycles. The fourth-order valence-electron chi connectivity index (χ4n) is 2.72. The van der Waals surface area contributed by atoms with Crippen LogP contribution in [0, 0.1) is 6.92 Å². The maximum atomic E-state index is 12.5. The minimum absolute atomic E-state index is 0.252. The summed E-state index contributed by atoms with van der Waals surface area (Å²) in [6.45, 7) is 2.47. The summed E-state index contributed by atoms with van der Waals surface area (Å²) in [5, 5.41) is 11.5. The van der Waals surface area contributed by atoms with Crippen LogP contribution in [0.2, 0.25) is 0 Å². The van der Waals surface area contributed by atoms with Gasteiger partial charge in [-0.3, -0.25) is 4.79 Å². The van der Waals surface area contributed by atoms with Crippen molar-refractivity contribution in [2.45, 2.75) is 13.0 Å². The Morgan fingerprint density at radius 2 is 1.85 bits per heavy atom. The number of ether oxygens (including phenoxy) is 2. The molecule has 1 atom stereocenters. The Balaban J connectivity index is 1.41. The molecule has 1 aliphatic heterocycles. The van der Waals surface area contributed by atoms with Gasteiger partial charge in [0.2, 0.25) is 0 Å². The normalized spacial score (nSPS) is 15.5. The SMILES string of the molecule is Cc1nn(-c2ccccc2)nc1C(=O)NC[C@@H]1COc2ccccc2O1. The number of para-hydroxylation sites is 3. The molecule has 0 radical (unpaired) electrons. The van der Waals surface area contributed by atoms with Gasteiger partial charge in [-0.15, -0.1) is 5.10 Å². The molecule has 0 saturated carbocycles. The lowest BCUT2D eigenvalue weighted by Gasteiger charge is -2.26. The van der Waals surface area contributed by atoms with Gasteiger partial charge in [-0.2, -0.15) is 9.90 Å². The van der Waals surface area contributed by atoms with Crippen LogP contribution in [0.1, 0.15) is 16.2 Å². The van der Waals surface area contributed by atoms with Gasteiger partial charge in [-0.1, -0.05) is 30.3 Å². The average Bonchev–Trinajstić information content (AvgIpc) is 3.08. The summed E-state index contributed by atoms with van der Waals surface area (Å²) in [6.07, 6.45) is -0.252. The molecule has 1 aromatic heterocycles. The van der Waals surface area contributed by atoms with E-state index in [9.17, 15) is 4.79 Å². The summed E-state index contributed by atoms with van der Waals surface area (Å²) in [5.74, 6) is 1.12. The molecular weight excluding hydrogens is 332 g/mol. The summed E-state index contributed by atoms with van der Waals surface area (Å²) in [4.78, 5) is 13.9. The van der Waals surface area contributed by atoms with Crippen molar-refractivity contribution >= 4 is 5.91 Å². The van der Waals surface area contributed by atoms with Crippen LogP contribution in [0.4, 0.5) is 0 Å². The van der Waals surface area contributed by atoms with Crippen molar-refractivity contribution in [1.29, 1.82) is 0 Å². The second kappa shape index (κ2) is 6.87. The molecule has 26 heavy (non-hydrogen) atoms. The Morgan fingerprint density at radius 3 is 2.65 bits per heavy atom. The molecule has 2 heterocycles. The number of amides is 1. The van der Waals surface area contributed by atoms with E-state index < -0.39 is 0 Å². The van der Waals surface area contributed by atoms with Gasteiger partial charge in [0.1, 0.15) is 12.7 Å². The van der Waals surface area contributed by atoms with Crippen LogP contribution in [0.5, 0.6) is 11.5 Å². The number of carbonyl (C=O) groups excluding carboxylic acids is 1. The number of nitrogens with zero attached hydrogens (tertiary/aromatic N) is 3. The van der Waals surface area contributed by atoms with Gasteiger partial charge in [-0.25, -0.2) is 0 Å². The van der Waals surface area contributed by atoms with Crippen molar-refractivity contribution in [3.05, 3.63) is 66.0 Å². The highest BCUT2D eigenvalue weighted by atomic mass is 16.6. The zero-order valence-corrected chi connectivity index (χ0v) is 14.3. The van der Waals surface area contributed by atoms with E-state index in [0.717, 1.165) is 11.4 Å². The molecule has 3 aromatic rings. The smallest absolute Gasteiger partial charge is 0.273 e. The topological polar surface area (TPSA) is 78.3 Å². The fourth-order valence-corrected chi connectivity index (χ4v) is 2.72. The largest absolute Gasteiger partial charge is 0.486 e. The Hall–Kier alpha value is -3.35. The van der Waals surface area contributed by atoms with Crippen LogP contribution in [0.3, 0.4) is 0 Å². The highest BCUT2D eigenvalue weighted by Gasteiger charge is 2.23. The molecule has 0 unspecified atom stereocenters. The monoisotopic (exact) mass is 350 g/mol. The van der Waals surface area contributed by atoms with E-state index in [1.807, 2.05) is 54.6 Å². The van der Waals surface area contributed by atoms with E-state index >= 15 is 0 Å². The maximum absolute atomic E-state index is 12.5. The van der Waals surface area contributed by atoms with Crippen LogP contribution >= 0.6 is 0 Å². The molecule has 1 amide bonds. The van der Waals surface area contributed by atoms with Crippen LogP contribution in [-0.2, 0) is 0 Å². The van der Waals surface area contributed by atoms with Crippen molar-refractivity contribution in [3.8, 4) is 17.2 Å². The van der Waals surface area contributed by atoms with Crippen molar-refractivity contribution in [2.24, 2.45) is 0 Å². The van der Waals surface area contributed by atoms with Crippen LogP contribution in [-0.4, -0.2) is 40.2 Å². The predicted molar refractivity (Wildman–Crippen MR) is 94.8 cm³/mol. The van der Waals surface area contributed by atoms with Gasteiger partial charge in [0, 0.05) is 0 Å². The Morgan fingerprint density at radius 1 is 1.12 bits per heavy atom. The number of aryl methyl sites for hydroxylation is 1. The van der Waals surface area contributed by atoms with E-state index in [1.54, 1.807) is 6.92 Å². The molecule has 7 nitrogen and oxygen atoms in total. The first-order chi connectivity index (χ1) is 12.7. The van der Waals surface area contributed by atoms with Gasteiger partial charge >= 0.3 is 0 Å². The Bertz CT molecular complexity index is 924. The van der Waals surface area contributed by atoms with Gasteiger partial charge in [0.15, 0.2) is 17.2 Å². The third kappa shape index (κ3) is 3.23. The molecule has 0 saturated heterocycles. The van der Waals surface area contributed by atoms with E-state index in [-0.39, 0.29) is 12.0 Å². The molecule has 7 heteroatoms. The van der Waals surface area contributed by atoms with E-state index in [4.69, 9.17) is 9.47 Å². The Kier molecular flexibility index (Phi) is 4.27. The molecule has 132 valence electrons. The van der Waals surface area contributed by atoms with Crippen molar-refractivity contribution in [1.82, 2.24) is 20.3 Å². The lowest BCUT2D eigenvalue weighted by Crippen LogP contribution is -2.41. The predicted octanol–water partition coefficient (Wildman–Crippen LogP) is 2.15. The number of hydrogen-bond donors (Lipinski definition) is 1. The highest BCUT2D eigenvalue weighted by Crippen LogP contribution is 2.30. The standard InChI is InChI=1S/C19H18N4O3/c1-13-18(22-23(21-13)14-7-3-2-4-8-14)19(24)20-11-15-12-25-16-9-5-6-10-17(16)26-15/h2-10,15H,11-12H2,1H3,(H,20,24)/t15-/m1/s1. The molecule has 0 fully saturated rings. The van der Waals surface area contributed by atoms with E-state index in [1.165, 1.54) is 4.80 Å². The van der Waals surface area contributed by atoms with Crippen LogP contribution < -0.4 is 14.8 Å². The van der Waals surface area contributed by atoms with Gasteiger partial charge in [-0.05, 0) is 31.2 Å². The lowest BCUT2D eigenvalue weighted by molar-refractivity contribution is 0.0786. The van der Waals surface area contributed by atoms with Crippen molar-refractivity contribution in [2.75, 3.05) is 13.2 Å². The van der Waals surface area contributed by atoms with Crippen molar-refractivity contribution in [3.63, 3.8) is 0 Å². The zero-order chi connectivity index (χ0) is 17.9. The third-order valence-corrected chi connectivity index (χ3v) is 4.04.